The molecule has 0 bridgehead atoms. The summed E-state index contributed by atoms with van der Waals surface area (Å²) in [5, 5.41) is 21.4. The second kappa shape index (κ2) is 7.03. The first-order valence-corrected chi connectivity index (χ1v) is 7.29. The fourth-order valence-electron chi connectivity index (χ4n) is 1.94. The van der Waals surface area contributed by atoms with Crippen LogP contribution in [0.25, 0.3) is 11.3 Å². The van der Waals surface area contributed by atoms with E-state index in [-0.39, 0.29) is 28.0 Å². The van der Waals surface area contributed by atoms with Gasteiger partial charge >= 0.3 is 0 Å². The monoisotopic (exact) mass is 376 g/mol. The van der Waals surface area contributed by atoms with Crippen molar-refractivity contribution in [1.29, 1.82) is 0 Å². The number of amides is 1. The Labute approximate surface area is 149 Å². The van der Waals surface area contributed by atoms with Gasteiger partial charge in [0.1, 0.15) is 11.5 Å². The predicted octanol–water partition coefficient (Wildman–Crippen LogP) is 2.24. The number of hydrogen-bond acceptors (Lipinski definition) is 9. The van der Waals surface area contributed by atoms with Crippen LogP contribution >= 0.6 is 11.6 Å². The summed E-state index contributed by atoms with van der Waals surface area (Å²) >= 11 is 6.06. The Morgan fingerprint density at radius 2 is 2.15 bits per heavy atom. The first-order chi connectivity index (χ1) is 12.5. The lowest BCUT2D eigenvalue weighted by Crippen LogP contribution is -2.19. The molecule has 0 saturated heterocycles. The molecule has 0 aliphatic heterocycles. The van der Waals surface area contributed by atoms with Crippen molar-refractivity contribution in [2.24, 2.45) is 5.10 Å². The fourth-order valence-corrected chi connectivity index (χ4v) is 2.15. The minimum Gasteiger partial charge on any atom is -0.455 e. The quantitative estimate of drug-likeness (QED) is 0.389. The summed E-state index contributed by atoms with van der Waals surface area (Å²) < 4.78 is 9.81. The summed E-state index contributed by atoms with van der Waals surface area (Å²) in [6.07, 6.45) is 1.22. The van der Waals surface area contributed by atoms with Crippen LogP contribution in [0.1, 0.15) is 16.2 Å². The SMILES string of the molecule is Nc1nonc1C(=O)N/N=C/c1ccc(-c2cc([N+](=O)[O-])ccc2Cl)o1. The average molecular weight is 377 g/mol. The molecule has 2 aromatic heterocycles. The van der Waals surface area contributed by atoms with Crippen LogP contribution in [0.4, 0.5) is 11.5 Å². The van der Waals surface area contributed by atoms with Gasteiger partial charge < -0.3 is 10.2 Å². The Hall–Kier alpha value is -3.73. The molecule has 0 aliphatic carbocycles. The molecule has 12 heteroatoms. The third kappa shape index (κ3) is 3.52. The van der Waals surface area contributed by atoms with Crippen molar-refractivity contribution in [3.05, 3.63) is 56.9 Å². The van der Waals surface area contributed by atoms with Crippen LogP contribution in [0.2, 0.25) is 5.02 Å². The van der Waals surface area contributed by atoms with Crippen molar-refractivity contribution >= 4 is 35.2 Å². The van der Waals surface area contributed by atoms with Gasteiger partial charge in [-0.3, -0.25) is 14.9 Å². The maximum atomic E-state index is 11.7. The van der Waals surface area contributed by atoms with Gasteiger partial charge in [0, 0.05) is 17.7 Å². The van der Waals surface area contributed by atoms with Crippen LogP contribution in [0.3, 0.4) is 0 Å². The molecule has 3 aromatic rings. The smallest absolute Gasteiger partial charge is 0.297 e. The number of halogens is 1. The highest BCUT2D eigenvalue weighted by Crippen LogP contribution is 2.32. The van der Waals surface area contributed by atoms with Gasteiger partial charge in [0.2, 0.25) is 11.5 Å². The van der Waals surface area contributed by atoms with Gasteiger partial charge in [-0.1, -0.05) is 11.6 Å². The number of benzene rings is 1. The Bertz CT molecular complexity index is 1010. The van der Waals surface area contributed by atoms with Crippen molar-refractivity contribution in [3.63, 3.8) is 0 Å². The van der Waals surface area contributed by atoms with Gasteiger partial charge in [0.25, 0.3) is 11.6 Å². The zero-order valence-corrected chi connectivity index (χ0v) is 13.5. The number of hydrazone groups is 1. The third-order valence-corrected chi connectivity index (χ3v) is 3.47. The topological polar surface area (TPSA) is 163 Å². The number of nitrogens with zero attached hydrogens (tertiary/aromatic N) is 4. The van der Waals surface area contributed by atoms with E-state index >= 15 is 0 Å². The number of aromatic nitrogens is 2. The molecule has 3 rings (SSSR count). The van der Waals surface area contributed by atoms with E-state index in [9.17, 15) is 14.9 Å². The normalized spacial score (nSPS) is 11.0. The summed E-state index contributed by atoms with van der Waals surface area (Å²) in [6, 6.07) is 7.10. The minimum absolute atomic E-state index is 0.123. The fraction of sp³-hybridized carbons (Fsp3) is 0. The van der Waals surface area contributed by atoms with Crippen LogP contribution in [-0.2, 0) is 0 Å². The molecule has 0 saturated carbocycles. The molecule has 1 amide bonds. The lowest BCUT2D eigenvalue weighted by molar-refractivity contribution is -0.384. The maximum absolute atomic E-state index is 11.7. The number of nitro benzene ring substituents is 1. The Balaban J connectivity index is 1.74. The Morgan fingerprint density at radius 3 is 2.85 bits per heavy atom. The zero-order valence-electron chi connectivity index (χ0n) is 12.7. The number of rotatable bonds is 5. The van der Waals surface area contributed by atoms with Gasteiger partial charge in [-0.15, -0.1) is 0 Å². The molecule has 132 valence electrons. The van der Waals surface area contributed by atoms with E-state index < -0.39 is 10.8 Å². The van der Waals surface area contributed by atoms with Gasteiger partial charge in [-0.2, -0.15) is 5.10 Å². The molecule has 26 heavy (non-hydrogen) atoms. The molecule has 0 fully saturated rings. The molecule has 0 atom stereocenters. The van der Waals surface area contributed by atoms with E-state index in [0.29, 0.717) is 11.3 Å². The lowest BCUT2D eigenvalue weighted by atomic mass is 10.1. The number of hydrogen-bond donors (Lipinski definition) is 2. The first-order valence-electron chi connectivity index (χ1n) is 6.91. The molecule has 0 unspecified atom stereocenters. The number of carbonyl (C=O) groups is 1. The van der Waals surface area contributed by atoms with Gasteiger partial charge in [-0.25, -0.2) is 10.1 Å². The number of non-ortho nitro benzene ring substituents is 1. The highest BCUT2D eigenvalue weighted by Gasteiger charge is 2.16. The number of anilines is 1. The summed E-state index contributed by atoms with van der Waals surface area (Å²) in [5.41, 5.74) is 7.58. The maximum Gasteiger partial charge on any atom is 0.297 e. The predicted molar refractivity (Wildman–Crippen MR) is 89.6 cm³/mol. The molecule has 3 N–H and O–H groups in total. The summed E-state index contributed by atoms with van der Waals surface area (Å²) in [4.78, 5) is 22.0. The van der Waals surface area contributed by atoms with Crippen molar-refractivity contribution in [2.45, 2.75) is 0 Å². The lowest BCUT2D eigenvalue weighted by Gasteiger charge is -2.00. The molecular weight excluding hydrogens is 368 g/mol. The second-order valence-corrected chi connectivity index (χ2v) is 5.23. The molecule has 0 spiro atoms. The molecule has 0 radical (unpaired) electrons. The van der Waals surface area contributed by atoms with Crippen LogP contribution in [0, 0.1) is 10.1 Å². The van der Waals surface area contributed by atoms with Gasteiger partial charge in [-0.05, 0) is 28.5 Å². The number of nitrogen functional groups attached to an aromatic ring is 1. The van der Waals surface area contributed by atoms with Crippen molar-refractivity contribution < 1.29 is 18.8 Å². The van der Waals surface area contributed by atoms with E-state index in [0.717, 1.165) is 0 Å². The van der Waals surface area contributed by atoms with Crippen molar-refractivity contribution in [3.8, 4) is 11.3 Å². The Kier molecular flexibility index (Phi) is 4.62. The van der Waals surface area contributed by atoms with Gasteiger partial charge in [0.05, 0.1) is 16.2 Å². The molecule has 0 aliphatic rings. The number of nitrogens with two attached hydrogens (primary N) is 1. The largest absolute Gasteiger partial charge is 0.455 e. The highest BCUT2D eigenvalue weighted by molar-refractivity contribution is 6.33. The van der Waals surface area contributed by atoms with E-state index in [1.165, 1.54) is 24.4 Å². The third-order valence-electron chi connectivity index (χ3n) is 3.14. The molecular formula is C14H9ClN6O5. The molecule has 2 heterocycles. The number of carbonyl (C=O) groups excluding carboxylic acids is 1. The zero-order chi connectivity index (χ0) is 18.7. The van der Waals surface area contributed by atoms with Crippen LogP contribution < -0.4 is 11.2 Å². The minimum atomic E-state index is -0.714. The van der Waals surface area contributed by atoms with Gasteiger partial charge in [0.15, 0.2) is 0 Å². The van der Waals surface area contributed by atoms with E-state index in [4.69, 9.17) is 21.8 Å². The van der Waals surface area contributed by atoms with E-state index in [1.54, 1.807) is 12.1 Å². The van der Waals surface area contributed by atoms with E-state index in [1.807, 2.05) is 0 Å². The van der Waals surface area contributed by atoms with Crippen LogP contribution in [0.15, 0.2) is 44.5 Å². The Morgan fingerprint density at radius 1 is 1.35 bits per heavy atom. The van der Waals surface area contributed by atoms with Crippen molar-refractivity contribution in [2.75, 3.05) is 5.73 Å². The highest BCUT2D eigenvalue weighted by atomic mass is 35.5. The van der Waals surface area contributed by atoms with Crippen molar-refractivity contribution in [1.82, 2.24) is 15.7 Å². The molecule has 11 nitrogen and oxygen atoms in total. The van der Waals surface area contributed by atoms with E-state index in [2.05, 4.69) is 25.5 Å². The number of nitro groups is 1. The first kappa shape index (κ1) is 17.1. The summed E-state index contributed by atoms with van der Waals surface area (Å²) in [6.45, 7) is 0. The standard InChI is InChI=1S/C14H9ClN6O5/c15-10-3-1-7(21(23)24)5-9(10)11-4-2-8(25-11)6-17-18-14(22)12-13(16)20-26-19-12/h1-6H,(H2,16,20)(H,18,22)/b17-6+. The number of furan rings is 1. The van der Waals surface area contributed by atoms with Crippen LogP contribution in [0.5, 0.6) is 0 Å². The molecule has 1 aromatic carbocycles. The second-order valence-electron chi connectivity index (χ2n) is 4.82. The number of nitrogens with one attached hydrogen (secondary N) is 1. The summed E-state index contributed by atoms with van der Waals surface area (Å²) in [5.74, 6) is -0.308. The van der Waals surface area contributed by atoms with Crippen LogP contribution in [-0.4, -0.2) is 27.4 Å². The summed E-state index contributed by atoms with van der Waals surface area (Å²) in [7, 11) is 0. The average Bonchev–Trinajstić information content (AvgIpc) is 3.24.